The Morgan fingerprint density at radius 2 is 1.88 bits per heavy atom. The molecule has 2 aromatic heterocycles. The Hall–Kier alpha value is -2.37. The van der Waals surface area contributed by atoms with Crippen molar-refractivity contribution in [3.05, 3.63) is 59.4 Å². The maximum atomic E-state index is 13.4. The Morgan fingerprint density at radius 3 is 2.64 bits per heavy atom. The number of aromatic nitrogens is 3. The van der Waals surface area contributed by atoms with E-state index in [0.29, 0.717) is 23.9 Å². The van der Waals surface area contributed by atoms with Crippen molar-refractivity contribution in [3.8, 4) is 0 Å². The molecule has 2 atom stereocenters. The average Bonchev–Trinajstić information content (AvgIpc) is 3.20. The molecule has 0 bridgehead atoms. The maximum absolute atomic E-state index is 13.4. The third-order valence-corrected chi connectivity index (χ3v) is 5.18. The van der Waals surface area contributed by atoms with Crippen molar-refractivity contribution in [3.63, 3.8) is 0 Å². The van der Waals surface area contributed by atoms with Crippen LogP contribution in [0.2, 0.25) is 0 Å². The molecule has 6 heteroatoms. The van der Waals surface area contributed by atoms with Gasteiger partial charge in [0.05, 0.1) is 5.69 Å². The van der Waals surface area contributed by atoms with E-state index in [9.17, 15) is 13.2 Å². The first-order chi connectivity index (χ1) is 12.0. The number of rotatable bonds is 3. The van der Waals surface area contributed by atoms with Gasteiger partial charge >= 0.3 is 0 Å². The summed E-state index contributed by atoms with van der Waals surface area (Å²) in [7, 11) is 0. The molecule has 25 heavy (non-hydrogen) atoms. The first-order valence-corrected chi connectivity index (χ1v) is 8.44. The van der Waals surface area contributed by atoms with Crippen molar-refractivity contribution in [2.24, 2.45) is 5.92 Å². The second kappa shape index (κ2) is 6.17. The van der Waals surface area contributed by atoms with Gasteiger partial charge in [0.15, 0.2) is 17.5 Å². The molecule has 0 N–H and O–H groups in total. The van der Waals surface area contributed by atoms with Crippen LogP contribution in [0.3, 0.4) is 0 Å². The monoisotopic (exact) mass is 345 g/mol. The van der Waals surface area contributed by atoms with Crippen molar-refractivity contribution in [1.29, 1.82) is 0 Å². The third kappa shape index (κ3) is 2.90. The lowest BCUT2D eigenvalue weighted by Gasteiger charge is -2.14. The summed E-state index contributed by atoms with van der Waals surface area (Å²) in [5.41, 5.74) is 2.39. The largest absolute Gasteiger partial charge is 0.329 e. The Balaban J connectivity index is 1.52. The summed E-state index contributed by atoms with van der Waals surface area (Å²) in [6.07, 6.45) is 7.03. The smallest absolute Gasteiger partial charge is 0.194 e. The van der Waals surface area contributed by atoms with E-state index in [0.717, 1.165) is 48.1 Å². The number of aryl methyl sites for hydroxylation is 1. The van der Waals surface area contributed by atoms with Gasteiger partial charge in [-0.25, -0.2) is 23.1 Å². The summed E-state index contributed by atoms with van der Waals surface area (Å²) < 4.78 is 42.1. The molecular weight excluding hydrogens is 327 g/mol. The van der Waals surface area contributed by atoms with Crippen LogP contribution in [0.25, 0.3) is 11.0 Å². The number of benzene rings is 1. The minimum Gasteiger partial charge on any atom is -0.329 e. The molecule has 2 heterocycles. The molecule has 1 fully saturated rings. The summed E-state index contributed by atoms with van der Waals surface area (Å²) >= 11 is 0. The SMILES string of the molecule is Cc1ncnc2c1ccn2[C@H]1CC[C@@H](Cc2cc(F)c(F)c(F)c2)C1. The Bertz CT molecular complexity index is 912. The van der Waals surface area contributed by atoms with E-state index >= 15 is 0 Å². The third-order valence-electron chi connectivity index (χ3n) is 5.18. The Kier molecular flexibility index (Phi) is 3.98. The number of halogens is 3. The Morgan fingerprint density at radius 1 is 1.12 bits per heavy atom. The van der Waals surface area contributed by atoms with Gasteiger partial charge in [0.25, 0.3) is 0 Å². The van der Waals surface area contributed by atoms with Crippen molar-refractivity contribution in [1.82, 2.24) is 14.5 Å². The molecule has 3 nitrogen and oxygen atoms in total. The fourth-order valence-corrected chi connectivity index (χ4v) is 3.94. The molecule has 1 aliphatic carbocycles. The van der Waals surface area contributed by atoms with Gasteiger partial charge in [-0.1, -0.05) is 0 Å². The molecular formula is C19H18F3N3. The Labute approximate surface area is 143 Å². The normalized spacial score (nSPS) is 20.5. The second-order valence-corrected chi connectivity index (χ2v) is 6.83. The summed E-state index contributed by atoms with van der Waals surface area (Å²) in [5.74, 6) is -3.32. The van der Waals surface area contributed by atoms with Crippen molar-refractivity contribution < 1.29 is 13.2 Å². The van der Waals surface area contributed by atoms with Gasteiger partial charge in [0.1, 0.15) is 12.0 Å². The zero-order valence-electron chi connectivity index (χ0n) is 13.8. The lowest BCUT2D eigenvalue weighted by molar-refractivity contribution is 0.440. The maximum Gasteiger partial charge on any atom is 0.194 e. The van der Waals surface area contributed by atoms with Crippen LogP contribution in [0.5, 0.6) is 0 Å². The minimum atomic E-state index is -1.40. The molecule has 0 aliphatic heterocycles. The van der Waals surface area contributed by atoms with Crippen LogP contribution in [0, 0.1) is 30.3 Å². The molecule has 0 amide bonds. The minimum absolute atomic E-state index is 0.312. The molecule has 1 saturated carbocycles. The molecule has 0 spiro atoms. The standard InChI is InChI=1S/C19H18F3N3/c1-11-15-4-5-25(19(15)24-10-23-11)14-3-2-12(7-14)6-13-8-16(20)18(22)17(21)9-13/h4-5,8-10,12,14H,2-3,6-7H2,1H3/t12-,14-/m0/s1. The van der Waals surface area contributed by atoms with E-state index in [1.54, 1.807) is 6.33 Å². The molecule has 0 saturated heterocycles. The molecule has 0 unspecified atom stereocenters. The van der Waals surface area contributed by atoms with E-state index in [-0.39, 0.29) is 0 Å². The van der Waals surface area contributed by atoms with Gasteiger partial charge in [-0.2, -0.15) is 0 Å². The zero-order chi connectivity index (χ0) is 17.6. The van der Waals surface area contributed by atoms with Gasteiger partial charge in [-0.05, 0) is 62.3 Å². The zero-order valence-corrected chi connectivity index (χ0v) is 13.8. The summed E-state index contributed by atoms with van der Waals surface area (Å²) in [6.45, 7) is 1.96. The van der Waals surface area contributed by atoms with Crippen LogP contribution < -0.4 is 0 Å². The van der Waals surface area contributed by atoms with E-state index in [1.165, 1.54) is 0 Å². The van der Waals surface area contributed by atoms with Crippen molar-refractivity contribution in [2.75, 3.05) is 0 Å². The molecule has 1 aromatic carbocycles. The van der Waals surface area contributed by atoms with Crippen LogP contribution in [-0.4, -0.2) is 14.5 Å². The fraction of sp³-hybridized carbons (Fsp3) is 0.368. The number of fused-ring (bicyclic) bond motifs is 1. The van der Waals surface area contributed by atoms with Gasteiger partial charge in [0.2, 0.25) is 0 Å². The van der Waals surface area contributed by atoms with Gasteiger partial charge < -0.3 is 4.57 Å². The van der Waals surface area contributed by atoms with Crippen LogP contribution in [-0.2, 0) is 6.42 Å². The van der Waals surface area contributed by atoms with E-state index in [2.05, 4.69) is 14.5 Å². The molecule has 130 valence electrons. The van der Waals surface area contributed by atoms with Gasteiger partial charge in [0, 0.05) is 17.6 Å². The molecule has 3 aromatic rings. The predicted molar refractivity (Wildman–Crippen MR) is 88.7 cm³/mol. The van der Waals surface area contributed by atoms with E-state index < -0.39 is 17.5 Å². The van der Waals surface area contributed by atoms with Crippen LogP contribution in [0.4, 0.5) is 13.2 Å². The fourth-order valence-electron chi connectivity index (χ4n) is 3.94. The van der Waals surface area contributed by atoms with Crippen LogP contribution >= 0.6 is 0 Å². The summed E-state index contributed by atoms with van der Waals surface area (Å²) in [4.78, 5) is 8.62. The highest BCUT2D eigenvalue weighted by Gasteiger charge is 2.27. The second-order valence-electron chi connectivity index (χ2n) is 6.83. The number of hydrogen-bond donors (Lipinski definition) is 0. The first-order valence-electron chi connectivity index (χ1n) is 8.44. The summed E-state index contributed by atoms with van der Waals surface area (Å²) in [6, 6.07) is 4.55. The van der Waals surface area contributed by atoms with Crippen molar-refractivity contribution >= 4 is 11.0 Å². The average molecular weight is 345 g/mol. The van der Waals surface area contributed by atoms with Gasteiger partial charge in [-0.3, -0.25) is 0 Å². The highest BCUT2D eigenvalue weighted by molar-refractivity contribution is 5.78. The molecule has 1 aliphatic rings. The summed E-state index contributed by atoms with van der Waals surface area (Å²) in [5, 5.41) is 1.05. The number of nitrogens with zero attached hydrogens (tertiary/aromatic N) is 3. The number of hydrogen-bond acceptors (Lipinski definition) is 2. The van der Waals surface area contributed by atoms with Crippen LogP contribution in [0.15, 0.2) is 30.7 Å². The highest BCUT2D eigenvalue weighted by Crippen LogP contribution is 2.38. The van der Waals surface area contributed by atoms with E-state index in [1.807, 2.05) is 19.2 Å². The van der Waals surface area contributed by atoms with E-state index in [4.69, 9.17) is 0 Å². The molecule has 4 rings (SSSR count). The highest BCUT2D eigenvalue weighted by atomic mass is 19.2. The quantitative estimate of drug-likeness (QED) is 0.642. The first kappa shape index (κ1) is 16.1. The lowest BCUT2D eigenvalue weighted by atomic mass is 9.97. The van der Waals surface area contributed by atoms with Gasteiger partial charge in [-0.15, -0.1) is 0 Å². The lowest BCUT2D eigenvalue weighted by Crippen LogP contribution is -2.07. The van der Waals surface area contributed by atoms with Crippen LogP contribution in [0.1, 0.15) is 36.6 Å². The van der Waals surface area contributed by atoms with Crippen molar-refractivity contribution in [2.45, 2.75) is 38.6 Å². The topological polar surface area (TPSA) is 30.7 Å². The molecule has 0 radical (unpaired) electrons. The predicted octanol–water partition coefficient (Wildman–Crippen LogP) is 4.74.